The Morgan fingerprint density at radius 2 is 2.00 bits per heavy atom. The molecule has 5 heteroatoms. The van der Waals surface area contributed by atoms with Crippen LogP contribution in [0.25, 0.3) is 0 Å². The van der Waals surface area contributed by atoms with Gasteiger partial charge in [-0.05, 0) is 12.1 Å². The van der Waals surface area contributed by atoms with Gasteiger partial charge in [0.05, 0.1) is 12.1 Å². The smallest absolute Gasteiger partial charge is 0.256 e. The van der Waals surface area contributed by atoms with Gasteiger partial charge in [0.2, 0.25) is 5.91 Å². The van der Waals surface area contributed by atoms with Crippen molar-refractivity contribution in [1.29, 1.82) is 0 Å². The third-order valence-electron chi connectivity index (χ3n) is 2.17. The molecule has 0 aliphatic rings. The van der Waals surface area contributed by atoms with E-state index < -0.39 is 5.91 Å². The number of hydrogen-bond donors (Lipinski definition) is 2. The van der Waals surface area contributed by atoms with Crippen molar-refractivity contribution in [3.63, 3.8) is 0 Å². The molecule has 0 aromatic heterocycles. The average molecular weight is 221 g/mol. The molecule has 0 unspecified atom stereocenters. The van der Waals surface area contributed by atoms with E-state index in [0.717, 1.165) is 5.69 Å². The molecule has 1 rings (SSSR count). The fourth-order valence-electron chi connectivity index (χ4n) is 1.40. The van der Waals surface area contributed by atoms with Gasteiger partial charge >= 0.3 is 0 Å². The number of carbonyl (C=O) groups is 2. The molecule has 0 bridgehead atoms. The van der Waals surface area contributed by atoms with Gasteiger partial charge in [-0.25, -0.2) is 0 Å². The number of carbonyl (C=O) groups excluding carboxylic acids is 2. The van der Waals surface area contributed by atoms with Crippen LogP contribution in [0, 0.1) is 0 Å². The van der Waals surface area contributed by atoms with Gasteiger partial charge < -0.3 is 16.0 Å². The Balaban J connectivity index is 2.91. The highest BCUT2D eigenvalue weighted by Gasteiger charge is 2.15. The lowest BCUT2D eigenvalue weighted by Crippen LogP contribution is -2.35. The third-order valence-corrected chi connectivity index (χ3v) is 2.17. The van der Waals surface area contributed by atoms with E-state index in [9.17, 15) is 9.59 Å². The van der Waals surface area contributed by atoms with Crippen molar-refractivity contribution in [2.45, 2.75) is 0 Å². The van der Waals surface area contributed by atoms with Crippen LogP contribution in [0.5, 0.6) is 0 Å². The van der Waals surface area contributed by atoms with Gasteiger partial charge in [-0.2, -0.15) is 0 Å². The number of likely N-dealkylation sites (N-methyl/N-ethyl adjacent to an activating group) is 1. The minimum absolute atomic E-state index is 0.0864. The number of rotatable bonds is 4. The summed E-state index contributed by atoms with van der Waals surface area (Å²) < 4.78 is 0. The minimum Gasteiger partial charge on any atom is -0.387 e. The first kappa shape index (κ1) is 12.0. The fraction of sp³-hybridized carbons (Fsp3) is 0.273. The Labute approximate surface area is 94.2 Å². The first-order valence-corrected chi connectivity index (χ1v) is 4.86. The second-order valence-electron chi connectivity index (χ2n) is 3.42. The van der Waals surface area contributed by atoms with Crippen molar-refractivity contribution in [3.05, 3.63) is 29.8 Å². The Hall–Kier alpha value is -2.04. The Bertz CT molecular complexity index is 404. The summed E-state index contributed by atoms with van der Waals surface area (Å²) in [5.74, 6) is -0.762. The molecule has 0 spiro atoms. The van der Waals surface area contributed by atoms with Gasteiger partial charge in [-0.15, -0.1) is 0 Å². The molecule has 0 atom stereocenters. The average Bonchev–Trinajstić information content (AvgIpc) is 2.27. The number of nitrogens with one attached hydrogen (secondary N) is 1. The summed E-state index contributed by atoms with van der Waals surface area (Å²) in [4.78, 5) is 23.9. The number of anilines is 1. The summed E-state index contributed by atoms with van der Waals surface area (Å²) in [5.41, 5.74) is 6.28. The Morgan fingerprint density at radius 1 is 1.38 bits per heavy atom. The highest BCUT2D eigenvalue weighted by atomic mass is 16.2. The first-order chi connectivity index (χ1) is 7.56. The van der Waals surface area contributed by atoms with Gasteiger partial charge in [0, 0.05) is 19.8 Å². The number of benzene rings is 1. The van der Waals surface area contributed by atoms with E-state index in [1.807, 2.05) is 6.07 Å². The highest BCUT2D eigenvalue weighted by molar-refractivity contribution is 6.00. The van der Waals surface area contributed by atoms with Crippen molar-refractivity contribution in [3.8, 4) is 0 Å². The third kappa shape index (κ3) is 2.73. The molecule has 0 aliphatic heterocycles. The van der Waals surface area contributed by atoms with Crippen LogP contribution in [0.3, 0.4) is 0 Å². The zero-order valence-electron chi connectivity index (χ0n) is 9.36. The van der Waals surface area contributed by atoms with E-state index in [-0.39, 0.29) is 12.5 Å². The predicted octanol–water partition coefficient (Wildman–Crippen LogP) is 0.286. The van der Waals surface area contributed by atoms with Crippen LogP contribution >= 0.6 is 0 Å². The molecule has 0 radical (unpaired) electrons. The van der Waals surface area contributed by atoms with Crippen LogP contribution < -0.4 is 11.1 Å². The van der Waals surface area contributed by atoms with Crippen LogP contribution in [0.2, 0.25) is 0 Å². The Kier molecular flexibility index (Phi) is 3.88. The predicted molar refractivity (Wildman–Crippen MR) is 62.1 cm³/mol. The standard InChI is InChI=1S/C11H15N3O2/c1-13-9-6-4-3-5-8(9)11(16)14(2)7-10(12)15/h3-6,13H,7H2,1-2H3,(H2,12,15). The van der Waals surface area contributed by atoms with Crippen molar-refractivity contribution in [2.75, 3.05) is 26.0 Å². The molecule has 3 N–H and O–H groups in total. The molecule has 0 aliphatic carbocycles. The maximum atomic E-state index is 11.9. The SMILES string of the molecule is CNc1ccccc1C(=O)N(C)CC(N)=O. The molecule has 5 nitrogen and oxygen atoms in total. The second-order valence-corrected chi connectivity index (χ2v) is 3.42. The molecule has 0 saturated carbocycles. The zero-order valence-corrected chi connectivity index (χ0v) is 9.36. The molecule has 0 saturated heterocycles. The van der Waals surface area contributed by atoms with E-state index in [4.69, 9.17) is 5.73 Å². The normalized spacial score (nSPS) is 9.62. The summed E-state index contributed by atoms with van der Waals surface area (Å²) >= 11 is 0. The van der Waals surface area contributed by atoms with Crippen molar-refractivity contribution < 1.29 is 9.59 Å². The topological polar surface area (TPSA) is 75.4 Å². The van der Waals surface area contributed by atoms with Crippen molar-refractivity contribution in [1.82, 2.24) is 4.90 Å². The summed E-state index contributed by atoms with van der Waals surface area (Å²) in [6.45, 7) is -0.0864. The molecule has 1 aromatic rings. The van der Waals surface area contributed by atoms with Crippen molar-refractivity contribution in [2.24, 2.45) is 5.73 Å². The lowest BCUT2D eigenvalue weighted by Gasteiger charge is -2.17. The quantitative estimate of drug-likeness (QED) is 0.767. The zero-order chi connectivity index (χ0) is 12.1. The van der Waals surface area contributed by atoms with Gasteiger partial charge in [-0.3, -0.25) is 9.59 Å². The van der Waals surface area contributed by atoms with Gasteiger partial charge in [0.15, 0.2) is 0 Å². The van der Waals surface area contributed by atoms with Crippen LogP contribution in [0.4, 0.5) is 5.69 Å². The number of nitrogens with zero attached hydrogens (tertiary/aromatic N) is 1. The number of para-hydroxylation sites is 1. The van der Waals surface area contributed by atoms with Crippen LogP contribution in [0.1, 0.15) is 10.4 Å². The minimum atomic E-state index is -0.530. The molecule has 2 amide bonds. The van der Waals surface area contributed by atoms with E-state index in [1.54, 1.807) is 32.3 Å². The molecule has 0 fully saturated rings. The number of nitrogens with two attached hydrogens (primary N) is 1. The summed E-state index contributed by atoms with van der Waals surface area (Å²) in [5, 5.41) is 2.92. The largest absolute Gasteiger partial charge is 0.387 e. The summed E-state index contributed by atoms with van der Waals surface area (Å²) in [6.07, 6.45) is 0. The van der Waals surface area contributed by atoms with Crippen LogP contribution in [0.15, 0.2) is 24.3 Å². The van der Waals surface area contributed by atoms with Gasteiger partial charge in [-0.1, -0.05) is 12.1 Å². The number of amides is 2. The van der Waals surface area contributed by atoms with Crippen LogP contribution in [-0.2, 0) is 4.79 Å². The summed E-state index contributed by atoms with van der Waals surface area (Å²) in [7, 11) is 3.28. The van der Waals surface area contributed by atoms with E-state index in [2.05, 4.69) is 5.32 Å². The second kappa shape index (κ2) is 5.16. The number of hydrogen-bond acceptors (Lipinski definition) is 3. The van der Waals surface area contributed by atoms with E-state index >= 15 is 0 Å². The molecule has 0 heterocycles. The molecule has 86 valence electrons. The molecule has 1 aromatic carbocycles. The number of primary amides is 1. The Morgan fingerprint density at radius 3 is 2.56 bits per heavy atom. The first-order valence-electron chi connectivity index (χ1n) is 4.86. The monoisotopic (exact) mass is 221 g/mol. The van der Waals surface area contributed by atoms with Gasteiger partial charge in [0.25, 0.3) is 5.91 Å². The maximum Gasteiger partial charge on any atom is 0.256 e. The maximum absolute atomic E-state index is 11.9. The highest BCUT2D eigenvalue weighted by Crippen LogP contribution is 2.15. The van der Waals surface area contributed by atoms with Gasteiger partial charge in [0.1, 0.15) is 0 Å². The van der Waals surface area contributed by atoms with E-state index in [1.165, 1.54) is 4.90 Å². The van der Waals surface area contributed by atoms with Crippen LogP contribution in [-0.4, -0.2) is 37.4 Å². The van der Waals surface area contributed by atoms with E-state index in [0.29, 0.717) is 5.56 Å². The lowest BCUT2D eigenvalue weighted by atomic mass is 10.1. The molecular weight excluding hydrogens is 206 g/mol. The van der Waals surface area contributed by atoms with Crippen molar-refractivity contribution >= 4 is 17.5 Å². The fourth-order valence-corrected chi connectivity index (χ4v) is 1.40. The molecular formula is C11H15N3O2. The molecule has 16 heavy (non-hydrogen) atoms. The lowest BCUT2D eigenvalue weighted by molar-refractivity contribution is -0.118. The summed E-state index contributed by atoms with van der Waals surface area (Å²) in [6, 6.07) is 7.10.